The van der Waals surface area contributed by atoms with Crippen LogP contribution in [-0.4, -0.2) is 20.9 Å². The Morgan fingerprint density at radius 1 is 1.41 bits per heavy atom. The van der Waals surface area contributed by atoms with Crippen LogP contribution in [0.15, 0.2) is 30.5 Å². The predicted molar refractivity (Wildman–Crippen MR) is 63.9 cm³/mol. The van der Waals surface area contributed by atoms with E-state index in [1.54, 1.807) is 0 Å². The highest BCUT2D eigenvalue weighted by atomic mass is 16.4. The minimum atomic E-state index is -1.06. The van der Waals surface area contributed by atoms with Crippen LogP contribution >= 0.6 is 0 Å². The van der Waals surface area contributed by atoms with Gasteiger partial charge in [-0.3, -0.25) is 0 Å². The molecule has 0 aliphatic heterocycles. The summed E-state index contributed by atoms with van der Waals surface area (Å²) >= 11 is 0. The van der Waals surface area contributed by atoms with Gasteiger partial charge in [0.15, 0.2) is 0 Å². The number of nitrogens with two attached hydrogens (primary N) is 1. The number of carboxylic acid groups (broad SMARTS) is 1. The molecule has 2 rings (SSSR count). The van der Waals surface area contributed by atoms with E-state index >= 15 is 0 Å². The summed E-state index contributed by atoms with van der Waals surface area (Å²) in [5, 5.41) is 12.8. The van der Waals surface area contributed by atoms with E-state index in [0.29, 0.717) is 6.54 Å². The van der Waals surface area contributed by atoms with Crippen molar-refractivity contribution in [2.45, 2.75) is 13.5 Å². The maximum Gasteiger partial charge on any atom is 0.341 e. The first-order valence-electron chi connectivity index (χ1n) is 5.18. The Bertz CT molecular complexity index is 543. The molecular weight excluding hydrogens is 218 g/mol. The van der Waals surface area contributed by atoms with E-state index in [1.165, 1.54) is 16.4 Å². The van der Waals surface area contributed by atoms with Gasteiger partial charge >= 0.3 is 5.97 Å². The van der Waals surface area contributed by atoms with Gasteiger partial charge < -0.3 is 10.8 Å². The molecule has 3 N–H and O–H groups in total. The number of nitrogen functional groups attached to an aromatic ring is 1. The molecule has 1 aromatic carbocycles. The monoisotopic (exact) mass is 231 g/mol. The van der Waals surface area contributed by atoms with Gasteiger partial charge in [0, 0.05) is 0 Å². The highest BCUT2D eigenvalue weighted by Gasteiger charge is 2.13. The molecular formula is C12H13N3O2. The van der Waals surface area contributed by atoms with Crippen LogP contribution in [0.3, 0.4) is 0 Å². The quantitative estimate of drug-likeness (QED) is 0.839. The average molecular weight is 231 g/mol. The Hall–Kier alpha value is -2.30. The van der Waals surface area contributed by atoms with Gasteiger partial charge in [-0.1, -0.05) is 29.8 Å². The van der Waals surface area contributed by atoms with Gasteiger partial charge in [-0.05, 0) is 12.5 Å². The number of rotatable bonds is 3. The van der Waals surface area contributed by atoms with E-state index < -0.39 is 5.97 Å². The second kappa shape index (κ2) is 4.29. The Morgan fingerprint density at radius 3 is 2.59 bits per heavy atom. The molecule has 2 aromatic rings. The third kappa shape index (κ3) is 2.28. The molecule has 88 valence electrons. The number of hydrogen-bond donors (Lipinski definition) is 2. The first-order chi connectivity index (χ1) is 8.08. The number of aromatic carboxylic acids is 1. The number of aryl methyl sites for hydroxylation is 1. The van der Waals surface area contributed by atoms with Crippen molar-refractivity contribution in [2.24, 2.45) is 0 Å². The molecule has 0 saturated heterocycles. The normalized spacial score (nSPS) is 10.4. The van der Waals surface area contributed by atoms with E-state index in [1.807, 2.05) is 31.2 Å². The first-order valence-corrected chi connectivity index (χ1v) is 5.18. The maximum atomic E-state index is 10.8. The summed E-state index contributed by atoms with van der Waals surface area (Å²) in [7, 11) is 0. The molecule has 0 bridgehead atoms. The molecule has 5 nitrogen and oxygen atoms in total. The van der Waals surface area contributed by atoms with Gasteiger partial charge in [0.25, 0.3) is 0 Å². The third-order valence-corrected chi connectivity index (χ3v) is 2.56. The summed E-state index contributed by atoms with van der Waals surface area (Å²) in [6.45, 7) is 2.48. The molecule has 0 radical (unpaired) electrons. The molecule has 0 fully saturated rings. The van der Waals surface area contributed by atoms with E-state index in [0.717, 1.165) is 5.56 Å². The lowest BCUT2D eigenvalue weighted by atomic mass is 10.1. The van der Waals surface area contributed by atoms with Crippen LogP contribution in [0.2, 0.25) is 0 Å². The van der Waals surface area contributed by atoms with E-state index in [4.69, 9.17) is 10.8 Å². The number of hydrogen-bond acceptors (Lipinski definition) is 3. The van der Waals surface area contributed by atoms with Crippen molar-refractivity contribution in [1.82, 2.24) is 9.78 Å². The average Bonchev–Trinajstić information content (AvgIpc) is 2.64. The molecule has 17 heavy (non-hydrogen) atoms. The number of aromatic nitrogens is 2. The standard InChI is InChI=1S/C12H13N3O2/c1-8-2-4-9(5-3-8)7-15-11(13)10(6-14-15)12(16)17/h2-6H,7,13H2,1H3,(H,16,17). The lowest BCUT2D eigenvalue weighted by Crippen LogP contribution is -2.08. The first kappa shape index (κ1) is 11.2. The summed E-state index contributed by atoms with van der Waals surface area (Å²) < 4.78 is 1.48. The largest absolute Gasteiger partial charge is 0.477 e. The highest BCUT2D eigenvalue weighted by Crippen LogP contribution is 2.13. The van der Waals surface area contributed by atoms with Crippen LogP contribution in [0.5, 0.6) is 0 Å². The molecule has 0 saturated carbocycles. The fraction of sp³-hybridized carbons (Fsp3) is 0.167. The fourth-order valence-electron chi connectivity index (χ4n) is 1.55. The van der Waals surface area contributed by atoms with Crippen LogP contribution < -0.4 is 5.73 Å². The second-order valence-corrected chi connectivity index (χ2v) is 3.89. The van der Waals surface area contributed by atoms with Gasteiger partial charge in [-0.2, -0.15) is 5.10 Å². The van der Waals surface area contributed by atoms with E-state index in [2.05, 4.69) is 5.10 Å². The van der Waals surface area contributed by atoms with Crippen LogP contribution in [0.1, 0.15) is 21.5 Å². The number of carbonyl (C=O) groups is 1. The van der Waals surface area contributed by atoms with Crippen molar-refractivity contribution in [3.05, 3.63) is 47.2 Å². The molecule has 0 amide bonds. The molecule has 0 atom stereocenters. The minimum Gasteiger partial charge on any atom is -0.477 e. The number of benzene rings is 1. The summed E-state index contributed by atoms with van der Waals surface area (Å²) in [6.07, 6.45) is 1.27. The van der Waals surface area contributed by atoms with Gasteiger partial charge in [-0.15, -0.1) is 0 Å². The van der Waals surface area contributed by atoms with Gasteiger partial charge in [0.1, 0.15) is 11.4 Å². The molecule has 1 heterocycles. The number of carboxylic acids is 1. The zero-order valence-corrected chi connectivity index (χ0v) is 9.42. The zero-order valence-electron chi connectivity index (χ0n) is 9.42. The SMILES string of the molecule is Cc1ccc(Cn2ncc(C(=O)O)c2N)cc1. The minimum absolute atomic E-state index is 0.0390. The highest BCUT2D eigenvalue weighted by molar-refractivity contribution is 5.92. The molecule has 5 heteroatoms. The summed E-state index contributed by atoms with van der Waals surface area (Å²) in [4.78, 5) is 10.8. The lowest BCUT2D eigenvalue weighted by molar-refractivity contribution is 0.0698. The molecule has 0 spiro atoms. The third-order valence-electron chi connectivity index (χ3n) is 2.56. The Balaban J connectivity index is 2.24. The van der Waals surface area contributed by atoms with Gasteiger partial charge in [-0.25, -0.2) is 9.48 Å². The predicted octanol–water partition coefficient (Wildman–Crippen LogP) is 1.52. The topological polar surface area (TPSA) is 81.1 Å². The van der Waals surface area contributed by atoms with Crippen LogP contribution in [0.4, 0.5) is 5.82 Å². The second-order valence-electron chi connectivity index (χ2n) is 3.89. The van der Waals surface area contributed by atoms with Crippen molar-refractivity contribution >= 4 is 11.8 Å². The van der Waals surface area contributed by atoms with Crippen molar-refractivity contribution in [3.63, 3.8) is 0 Å². The van der Waals surface area contributed by atoms with E-state index in [9.17, 15) is 4.79 Å². The van der Waals surface area contributed by atoms with E-state index in [-0.39, 0.29) is 11.4 Å². The van der Waals surface area contributed by atoms with Crippen LogP contribution in [0, 0.1) is 6.92 Å². The maximum absolute atomic E-state index is 10.8. The number of nitrogens with zero attached hydrogens (tertiary/aromatic N) is 2. The van der Waals surface area contributed by atoms with Gasteiger partial charge in [0.2, 0.25) is 0 Å². The molecule has 0 aliphatic carbocycles. The summed E-state index contributed by atoms with van der Waals surface area (Å²) in [5.74, 6) is -0.879. The summed E-state index contributed by atoms with van der Waals surface area (Å²) in [5.41, 5.74) is 7.95. The number of anilines is 1. The molecule has 0 aliphatic rings. The lowest BCUT2D eigenvalue weighted by Gasteiger charge is -2.05. The zero-order chi connectivity index (χ0) is 12.4. The van der Waals surface area contributed by atoms with Gasteiger partial charge in [0.05, 0.1) is 12.7 Å². The van der Waals surface area contributed by atoms with Crippen molar-refractivity contribution in [1.29, 1.82) is 0 Å². The molecule has 1 aromatic heterocycles. The molecule has 0 unspecified atom stereocenters. The fourth-order valence-corrected chi connectivity index (χ4v) is 1.55. The van der Waals surface area contributed by atoms with Crippen molar-refractivity contribution < 1.29 is 9.90 Å². The van der Waals surface area contributed by atoms with Crippen LogP contribution in [-0.2, 0) is 6.54 Å². The Morgan fingerprint density at radius 2 is 2.06 bits per heavy atom. The smallest absolute Gasteiger partial charge is 0.341 e. The Labute approximate surface area is 98.5 Å². The van der Waals surface area contributed by atoms with Crippen molar-refractivity contribution in [3.8, 4) is 0 Å². The summed E-state index contributed by atoms with van der Waals surface area (Å²) in [6, 6.07) is 7.92. The van der Waals surface area contributed by atoms with Crippen LogP contribution in [0.25, 0.3) is 0 Å². The van der Waals surface area contributed by atoms with Crippen molar-refractivity contribution in [2.75, 3.05) is 5.73 Å². The Kier molecular flexibility index (Phi) is 2.82.